The maximum atomic E-state index is 4.50. The van der Waals surface area contributed by atoms with Crippen molar-refractivity contribution in [1.29, 1.82) is 0 Å². The van der Waals surface area contributed by atoms with Crippen LogP contribution < -0.4 is 10.2 Å². The summed E-state index contributed by atoms with van der Waals surface area (Å²) in [6, 6.07) is 0.733. The Morgan fingerprint density at radius 3 is 2.83 bits per heavy atom. The van der Waals surface area contributed by atoms with Crippen molar-refractivity contribution < 1.29 is 0 Å². The van der Waals surface area contributed by atoms with Crippen LogP contribution in [0, 0.1) is 5.92 Å². The first kappa shape index (κ1) is 11.9. The molecule has 2 saturated carbocycles. The zero-order valence-electron chi connectivity index (χ0n) is 11.1. The molecule has 4 heteroatoms. The van der Waals surface area contributed by atoms with Gasteiger partial charge in [0.2, 0.25) is 0 Å². The van der Waals surface area contributed by atoms with Crippen LogP contribution in [0.25, 0.3) is 0 Å². The predicted octanol–water partition coefficient (Wildman–Crippen LogP) is 1.96. The first-order valence-corrected chi connectivity index (χ1v) is 7.14. The molecule has 4 nitrogen and oxygen atoms in total. The van der Waals surface area contributed by atoms with Crippen LogP contribution in [-0.2, 0) is 6.54 Å². The molecule has 98 valence electrons. The van der Waals surface area contributed by atoms with Gasteiger partial charge in [-0.25, -0.2) is 9.97 Å². The van der Waals surface area contributed by atoms with Crippen molar-refractivity contribution in [1.82, 2.24) is 15.3 Å². The van der Waals surface area contributed by atoms with E-state index >= 15 is 0 Å². The SMILES string of the molecule is CCN(CC1CC1)c1ncncc1CNC1CC1. The quantitative estimate of drug-likeness (QED) is 0.798. The van der Waals surface area contributed by atoms with Crippen LogP contribution in [-0.4, -0.2) is 29.1 Å². The molecule has 2 fully saturated rings. The number of hydrogen-bond acceptors (Lipinski definition) is 4. The average Bonchev–Trinajstić information content (AvgIpc) is 3.28. The van der Waals surface area contributed by atoms with E-state index in [-0.39, 0.29) is 0 Å². The van der Waals surface area contributed by atoms with Gasteiger partial charge in [-0.1, -0.05) is 0 Å². The van der Waals surface area contributed by atoms with Gasteiger partial charge in [0.05, 0.1) is 0 Å². The Labute approximate surface area is 109 Å². The van der Waals surface area contributed by atoms with Gasteiger partial charge in [-0.2, -0.15) is 0 Å². The highest BCUT2D eigenvalue weighted by Gasteiger charge is 2.26. The highest BCUT2D eigenvalue weighted by atomic mass is 15.2. The molecule has 0 amide bonds. The van der Waals surface area contributed by atoms with Crippen LogP contribution >= 0.6 is 0 Å². The van der Waals surface area contributed by atoms with E-state index in [0.29, 0.717) is 0 Å². The molecule has 18 heavy (non-hydrogen) atoms. The smallest absolute Gasteiger partial charge is 0.136 e. The van der Waals surface area contributed by atoms with Gasteiger partial charge in [-0.3, -0.25) is 0 Å². The second-order valence-electron chi connectivity index (χ2n) is 5.51. The summed E-state index contributed by atoms with van der Waals surface area (Å²) in [5, 5.41) is 3.55. The largest absolute Gasteiger partial charge is 0.356 e. The summed E-state index contributed by atoms with van der Waals surface area (Å²) in [5.41, 5.74) is 1.24. The van der Waals surface area contributed by atoms with E-state index in [2.05, 4.69) is 27.1 Å². The molecule has 2 aliphatic rings. The van der Waals surface area contributed by atoms with Crippen molar-refractivity contribution in [2.24, 2.45) is 5.92 Å². The molecule has 1 heterocycles. The molecule has 0 bridgehead atoms. The maximum absolute atomic E-state index is 4.50. The fourth-order valence-corrected chi connectivity index (χ4v) is 2.28. The Hall–Kier alpha value is -1.16. The molecule has 1 aromatic heterocycles. The van der Waals surface area contributed by atoms with E-state index in [4.69, 9.17) is 0 Å². The number of rotatable bonds is 7. The highest BCUT2D eigenvalue weighted by Crippen LogP contribution is 2.31. The van der Waals surface area contributed by atoms with Crippen LogP contribution in [0.2, 0.25) is 0 Å². The first-order chi connectivity index (χ1) is 8.86. The third kappa shape index (κ3) is 2.99. The van der Waals surface area contributed by atoms with Gasteiger partial charge in [0.15, 0.2) is 0 Å². The third-order valence-corrected chi connectivity index (χ3v) is 3.78. The molecule has 1 N–H and O–H groups in total. The van der Waals surface area contributed by atoms with Crippen molar-refractivity contribution in [2.75, 3.05) is 18.0 Å². The minimum atomic E-state index is 0.733. The van der Waals surface area contributed by atoms with E-state index in [0.717, 1.165) is 37.4 Å². The van der Waals surface area contributed by atoms with Crippen LogP contribution in [0.4, 0.5) is 5.82 Å². The second-order valence-corrected chi connectivity index (χ2v) is 5.51. The van der Waals surface area contributed by atoms with Crippen molar-refractivity contribution in [3.63, 3.8) is 0 Å². The van der Waals surface area contributed by atoms with Gasteiger partial charge in [0, 0.05) is 37.4 Å². The Balaban J connectivity index is 1.70. The van der Waals surface area contributed by atoms with E-state index in [9.17, 15) is 0 Å². The summed E-state index contributed by atoms with van der Waals surface area (Å²) in [5.74, 6) is 2.02. The summed E-state index contributed by atoms with van der Waals surface area (Å²) >= 11 is 0. The fourth-order valence-electron chi connectivity index (χ4n) is 2.28. The molecule has 0 unspecified atom stereocenters. The highest BCUT2D eigenvalue weighted by molar-refractivity contribution is 5.45. The zero-order chi connectivity index (χ0) is 12.4. The van der Waals surface area contributed by atoms with Crippen molar-refractivity contribution in [2.45, 2.75) is 45.2 Å². The van der Waals surface area contributed by atoms with Gasteiger partial charge in [0.1, 0.15) is 12.1 Å². The molecular formula is C14H22N4. The standard InChI is InChI=1S/C14H22N4/c1-2-18(9-11-3-4-11)14-12(7-15-10-17-14)8-16-13-5-6-13/h7,10-11,13,16H,2-6,8-9H2,1H3. The van der Waals surface area contributed by atoms with Crippen LogP contribution in [0.5, 0.6) is 0 Å². The van der Waals surface area contributed by atoms with E-state index in [1.807, 2.05) is 6.20 Å². The van der Waals surface area contributed by atoms with Crippen LogP contribution in [0.3, 0.4) is 0 Å². The van der Waals surface area contributed by atoms with Gasteiger partial charge in [-0.15, -0.1) is 0 Å². The van der Waals surface area contributed by atoms with E-state index in [1.54, 1.807) is 6.33 Å². The Morgan fingerprint density at radius 1 is 1.33 bits per heavy atom. The number of hydrogen-bond donors (Lipinski definition) is 1. The van der Waals surface area contributed by atoms with E-state index < -0.39 is 0 Å². The first-order valence-electron chi connectivity index (χ1n) is 7.14. The predicted molar refractivity (Wildman–Crippen MR) is 72.5 cm³/mol. The monoisotopic (exact) mass is 246 g/mol. The topological polar surface area (TPSA) is 41.1 Å². The van der Waals surface area contributed by atoms with Gasteiger partial charge in [-0.05, 0) is 38.5 Å². The number of aromatic nitrogens is 2. The summed E-state index contributed by atoms with van der Waals surface area (Å²) in [6.07, 6.45) is 9.05. The molecule has 0 saturated heterocycles. The molecular weight excluding hydrogens is 224 g/mol. The molecule has 0 aliphatic heterocycles. The number of nitrogens with zero attached hydrogens (tertiary/aromatic N) is 3. The maximum Gasteiger partial charge on any atom is 0.136 e. The van der Waals surface area contributed by atoms with Crippen molar-refractivity contribution in [3.05, 3.63) is 18.1 Å². The Bertz CT molecular complexity index is 399. The molecule has 3 rings (SSSR count). The molecule has 1 aromatic rings. The zero-order valence-corrected chi connectivity index (χ0v) is 11.1. The summed E-state index contributed by atoms with van der Waals surface area (Å²) in [7, 11) is 0. The summed E-state index contributed by atoms with van der Waals surface area (Å²) < 4.78 is 0. The summed E-state index contributed by atoms with van der Waals surface area (Å²) in [4.78, 5) is 11.1. The lowest BCUT2D eigenvalue weighted by molar-refractivity contribution is 0.670. The van der Waals surface area contributed by atoms with Crippen LogP contribution in [0.15, 0.2) is 12.5 Å². The molecule has 0 radical (unpaired) electrons. The lowest BCUT2D eigenvalue weighted by Crippen LogP contribution is -2.28. The molecule has 0 atom stereocenters. The summed E-state index contributed by atoms with van der Waals surface area (Å²) in [6.45, 7) is 5.30. The average molecular weight is 246 g/mol. The van der Waals surface area contributed by atoms with E-state index in [1.165, 1.54) is 31.2 Å². The Kier molecular flexibility index (Phi) is 3.46. The normalized spacial score (nSPS) is 18.9. The number of anilines is 1. The number of nitrogens with one attached hydrogen (secondary N) is 1. The lowest BCUT2D eigenvalue weighted by atomic mass is 10.2. The lowest BCUT2D eigenvalue weighted by Gasteiger charge is -2.24. The van der Waals surface area contributed by atoms with Crippen LogP contribution in [0.1, 0.15) is 38.2 Å². The van der Waals surface area contributed by atoms with Gasteiger partial charge < -0.3 is 10.2 Å². The fraction of sp³-hybridized carbons (Fsp3) is 0.714. The molecule has 0 spiro atoms. The molecule has 0 aromatic carbocycles. The van der Waals surface area contributed by atoms with Crippen molar-refractivity contribution >= 4 is 5.82 Å². The van der Waals surface area contributed by atoms with Gasteiger partial charge >= 0.3 is 0 Å². The van der Waals surface area contributed by atoms with Crippen molar-refractivity contribution in [3.8, 4) is 0 Å². The third-order valence-electron chi connectivity index (χ3n) is 3.78. The Morgan fingerprint density at radius 2 is 2.17 bits per heavy atom. The minimum Gasteiger partial charge on any atom is -0.356 e. The second kappa shape index (κ2) is 5.22. The molecule has 2 aliphatic carbocycles. The van der Waals surface area contributed by atoms with Gasteiger partial charge in [0.25, 0.3) is 0 Å². The minimum absolute atomic E-state index is 0.733.